The molecule has 2 aromatic rings. The Bertz CT molecular complexity index is 1010. The van der Waals surface area contributed by atoms with E-state index in [1.165, 1.54) is 4.90 Å². The number of benzene rings is 1. The zero-order valence-electron chi connectivity index (χ0n) is 19.4. The molecule has 0 aliphatic carbocycles. The minimum atomic E-state index is -0.715. The van der Waals surface area contributed by atoms with Crippen molar-refractivity contribution in [3.63, 3.8) is 0 Å². The van der Waals surface area contributed by atoms with Gasteiger partial charge in [0.1, 0.15) is 23.4 Å². The van der Waals surface area contributed by atoms with Gasteiger partial charge in [-0.1, -0.05) is 24.3 Å². The van der Waals surface area contributed by atoms with E-state index in [2.05, 4.69) is 5.32 Å². The summed E-state index contributed by atoms with van der Waals surface area (Å²) < 4.78 is 10.9. The van der Waals surface area contributed by atoms with E-state index < -0.39 is 23.8 Å². The average Bonchev–Trinajstić information content (AvgIpc) is 3.47. The number of rotatable bonds is 4. The SMILES string of the molecule is CC(C)(C)OC(=O)N1Cc2ccccc2CC1C(=O)N1CCCC1C(=O)NCc1ccco1. The topological polar surface area (TPSA) is 92.1 Å². The predicted octanol–water partition coefficient (Wildman–Crippen LogP) is 3.25. The van der Waals surface area contributed by atoms with E-state index in [9.17, 15) is 14.4 Å². The highest BCUT2D eigenvalue weighted by molar-refractivity contribution is 5.92. The predicted molar refractivity (Wildman–Crippen MR) is 121 cm³/mol. The van der Waals surface area contributed by atoms with Gasteiger partial charge < -0.3 is 19.4 Å². The summed E-state index contributed by atoms with van der Waals surface area (Å²) in [6, 6.07) is 10.1. The van der Waals surface area contributed by atoms with E-state index in [4.69, 9.17) is 9.15 Å². The van der Waals surface area contributed by atoms with Crippen molar-refractivity contribution in [2.75, 3.05) is 6.54 Å². The standard InChI is InChI=1S/C25H31N3O5/c1-25(2,3)33-24(31)28-16-18-9-5-4-8-17(18)14-21(28)23(30)27-12-6-11-20(27)22(29)26-15-19-10-7-13-32-19/h4-5,7-10,13,20-21H,6,11-12,14-16H2,1-3H3,(H,26,29). The van der Waals surface area contributed by atoms with Crippen LogP contribution in [0.25, 0.3) is 0 Å². The Balaban J connectivity index is 1.53. The molecule has 1 fully saturated rings. The summed E-state index contributed by atoms with van der Waals surface area (Å²) in [4.78, 5) is 42.8. The molecule has 176 valence electrons. The first-order valence-corrected chi connectivity index (χ1v) is 11.4. The number of hydrogen-bond donors (Lipinski definition) is 1. The van der Waals surface area contributed by atoms with Crippen molar-refractivity contribution in [3.05, 3.63) is 59.5 Å². The Morgan fingerprint density at radius 3 is 2.52 bits per heavy atom. The van der Waals surface area contributed by atoms with Gasteiger partial charge in [0.2, 0.25) is 11.8 Å². The van der Waals surface area contributed by atoms with Gasteiger partial charge >= 0.3 is 6.09 Å². The monoisotopic (exact) mass is 453 g/mol. The van der Waals surface area contributed by atoms with Gasteiger partial charge in [0.15, 0.2) is 0 Å². The molecule has 2 atom stereocenters. The number of hydrogen-bond acceptors (Lipinski definition) is 5. The largest absolute Gasteiger partial charge is 0.467 e. The third-order valence-corrected chi connectivity index (χ3v) is 6.02. The summed E-state index contributed by atoms with van der Waals surface area (Å²) >= 11 is 0. The number of carbonyl (C=O) groups is 3. The lowest BCUT2D eigenvalue weighted by molar-refractivity contribution is -0.143. The van der Waals surface area contributed by atoms with Crippen molar-refractivity contribution < 1.29 is 23.5 Å². The Kier molecular flexibility index (Phi) is 6.44. The van der Waals surface area contributed by atoms with Gasteiger partial charge in [-0.3, -0.25) is 14.5 Å². The van der Waals surface area contributed by atoms with Crippen molar-refractivity contribution in [2.24, 2.45) is 0 Å². The van der Waals surface area contributed by atoms with Crippen LogP contribution in [0.3, 0.4) is 0 Å². The molecule has 1 aromatic heterocycles. The fourth-order valence-corrected chi connectivity index (χ4v) is 4.46. The number of ether oxygens (including phenoxy) is 1. The summed E-state index contributed by atoms with van der Waals surface area (Å²) in [5, 5.41) is 2.86. The quantitative estimate of drug-likeness (QED) is 0.767. The molecule has 2 unspecified atom stereocenters. The lowest BCUT2D eigenvalue weighted by Gasteiger charge is -2.39. The second-order valence-electron chi connectivity index (χ2n) is 9.58. The van der Waals surface area contributed by atoms with Crippen LogP contribution < -0.4 is 5.32 Å². The van der Waals surface area contributed by atoms with Crippen LogP contribution in [0.15, 0.2) is 47.1 Å². The molecule has 8 heteroatoms. The van der Waals surface area contributed by atoms with Crippen molar-refractivity contribution in [1.82, 2.24) is 15.1 Å². The maximum Gasteiger partial charge on any atom is 0.411 e. The van der Waals surface area contributed by atoms with Crippen LogP contribution in [0, 0.1) is 0 Å². The molecule has 1 N–H and O–H groups in total. The van der Waals surface area contributed by atoms with Crippen LogP contribution in [-0.4, -0.2) is 51.9 Å². The number of amides is 3. The summed E-state index contributed by atoms with van der Waals surface area (Å²) in [5.74, 6) is 0.225. The molecule has 0 radical (unpaired) electrons. The average molecular weight is 454 g/mol. The Labute approximate surface area is 193 Å². The lowest BCUT2D eigenvalue weighted by atomic mass is 9.93. The van der Waals surface area contributed by atoms with Crippen molar-refractivity contribution in [2.45, 2.75) is 70.8 Å². The van der Waals surface area contributed by atoms with E-state index in [0.29, 0.717) is 31.7 Å². The summed E-state index contributed by atoms with van der Waals surface area (Å²) in [5.41, 5.74) is 1.36. The smallest absolute Gasteiger partial charge is 0.411 e. The molecular weight excluding hydrogens is 422 g/mol. The van der Waals surface area contributed by atoms with Crippen molar-refractivity contribution in [1.29, 1.82) is 0 Å². The van der Waals surface area contributed by atoms with E-state index in [1.807, 2.05) is 24.3 Å². The highest BCUT2D eigenvalue weighted by atomic mass is 16.6. The van der Waals surface area contributed by atoms with E-state index in [-0.39, 0.29) is 18.4 Å². The highest BCUT2D eigenvalue weighted by Gasteiger charge is 2.43. The second kappa shape index (κ2) is 9.29. The fraction of sp³-hybridized carbons (Fsp3) is 0.480. The molecule has 4 rings (SSSR count). The summed E-state index contributed by atoms with van der Waals surface area (Å²) in [6.45, 7) is 6.46. The molecule has 1 saturated heterocycles. The van der Waals surface area contributed by atoms with E-state index >= 15 is 0 Å². The molecule has 3 heterocycles. The molecule has 2 aliphatic rings. The van der Waals surface area contributed by atoms with Crippen LogP contribution in [0.4, 0.5) is 4.79 Å². The minimum absolute atomic E-state index is 0.211. The summed E-state index contributed by atoms with van der Waals surface area (Å²) in [6.07, 6.45) is 2.75. The number of likely N-dealkylation sites (tertiary alicyclic amines) is 1. The molecule has 1 aromatic carbocycles. The zero-order chi connectivity index (χ0) is 23.6. The fourth-order valence-electron chi connectivity index (χ4n) is 4.46. The van der Waals surface area contributed by atoms with Gasteiger partial charge in [-0.15, -0.1) is 0 Å². The minimum Gasteiger partial charge on any atom is -0.467 e. The third kappa shape index (κ3) is 5.21. The molecule has 8 nitrogen and oxygen atoms in total. The third-order valence-electron chi connectivity index (χ3n) is 6.02. The van der Waals surface area contributed by atoms with Crippen LogP contribution in [0.5, 0.6) is 0 Å². The summed E-state index contributed by atoms with van der Waals surface area (Å²) in [7, 11) is 0. The van der Waals surface area contributed by atoms with Crippen LogP contribution in [0.1, 0.15) is 50.5 Å². The first-order chi connectivity index (χ1) is 15.7. The molecule has 0 saturated carbocycles. The Hall–Kier alpha value is -3.29. The highest BCUT2D eigenvalue weighted by Crippen LogP contribution is 2.29. The van der Waals surface area contributed by atoms with Crippen LogP contribution in [0.2, 0.25) is 0 Å². The maximum absolute atomic E-state index is 13.7. The zero-order valence-corrected chi connectivity index (χ0v) is 19.4. The van der Waals surface area contributed by atoms with Gasteiger partial charge in [-0.05, 0) is 56.9 Å². The van der Waals surface area contributed by atoms with Gasteiger partial charge in [0.25, 0.3) is 0 Å². The first kappa shape index (κ1) is 22.9. The first-order valence-electron chi connectivity index (χ1n) is 11.4. The van der Waals surface area contributed by atoms with Gasteiger partial charge in [-0.25, -0.2) is 4.79 Å². The Morgan fingerprint density at radius 2 is 1.82 bits per heavy atom. The Morgan fingerprint density at radius 1 is 1.06 bits per heavy atom. The number of nitrogens with one attached hydrogen (secondary N) is 1. The van der Waals surface area contributed by atoms with E-state index in [0.717, 1.165) is 17.5 Å². The number of fused-ring (bicyclic) bond motifs is 1. The van der Waals surface area contributed by atoms with Crippen LogP contribution >= 0.6 is 0 Å². The van der Waals surface area contributed by atoms with Crippen LogP contribution in [-0.2, 0) is 33.8 Å². The number of carbonyl (C=O) groups excluding carboxylic acids is 3. The van der Waals surface area contributed by atoms with E-state index in [1.54, 1.807) is 44.1 Å². The molecule has 0 spiro atoms. The molecule has 33 heavy (non-hydrogen) atoms. The normalized spacial score (nSPS) is 20.3. The second-order valence-corrected chi connectivity index (χ2v) is 9.58. The molecular formula is C25H31N3O5. The number of nitrogens with zero attached hydrogens (tertiary/aromatic N) is 2. The molecule has 3 amide bonds. The lowest BCUT2D eigenvalue weighted by Crippen LogP contribution is -2.57. The molecule has 0 bridgehead atoms. The maximum atomic E-state index is 13.7. The van der Waals surface area contributed by atoms with Gasteiger partial charge in [-0.2, -0.15) is 0 Å². The van der Waals surface area contributed by atoms with Crippen molar-refractivity contribution >= 4 is 17.9 Å². The van der Waals surface area contributed by atoms with Gasteiger partial charge in [0, 0.05) is 13.0 Å². The molecule has 2 aliphatic heterocycles. The van der Waals surface area contributed by atoms with Crippen molar-refractivity contribution in [3.8, 4) is 0 Å². The van der Waals surface area contributed by atoms with Gasteiger partial charge in [0.05, 0.1) is 19.4 Å². The number of furan rings is 1.